The van der Waals surface area contributed by atoms with E-state index in [4.69, 9.17) is 0 Å². The van der Waals surface area contributed by atoms with Crippen LogP contribution in [0.4, 0.5) is 26.3 Å². The van der Waals surface area contributed by atoms with Crippen molar-refractivity contribution in [2.24, 2.45) is 23.7 Å². The summed E-state index contributed by atoms with van der Waals surface area (Å²) in [6.07, 6.45) is -9.18. The summed E-state index contributed by atoms with van der Waals surface area (Å²) in [6, 6.07) is 0. The monoisotopic (exact) mass is 304 g/mol. The van der Waals surface area contributed by atoms with Gasteiger partial charge in [-0.15, -0.1) is 0 Å². The van der Waals surface area contributed by atoms with Crippen LogP contribution in [0.25, 0.3) is 0 Å². The first kappa shape index (κ1) is 15.9. The molecule has 4 unspecified atom stereocenters. The van der Waals surface area contributed by atoms with Crippen molar-refractivity contribution in [2.75, 3.05) is 0 Å². The zero-order chi connectivity index (χ0) is 15.3. The first-order valence-electron chi connectivity index (χ1n) is 6.81. The van der Waals surface area contributed by atoms with Crippen molar-refractivity contribution in [2.45, 2.75) is 57.0 Å². The predicted octanol–water partition coefficient (Wildman–Crippen LogP) is 4.30. The van der Waals surface area contributed by atoms with Gasteiger partial charge in [-0.25, -0.2) is 0 Å². The normalized spacial score (nSPS) is 32.7. The smallest absolute Gasteiger partial charge is 0.374 e. The summed E-state index contributed by atoms with van der Waals surface area (Å²) in [7, 11) is 0. The number of fused-ring (bicyclic) bond motifs is 2. The molecule has 0 amide bonds. The molecule has 2 rings (SSSR count). The highest BCUT2D eigenvalue weighted by Crippen LogP contribution is 2.54. The van der Waals surface area contributed by atoms with Crippen LogP contribution >= 0.6 is 0 Å². The molecule has 0 aromatic carbocycles. The van der Waals surface area contributed by atoms with Gasteiger partial charge in [-0.05, 0) is 49.4 Å². The number of aliphatic hydroxyl groups is 1. The average Bonchev–Trinajstić information content (AvgIpc) is 2.87. The van der Waals surface area contributed by atoms with Crippen molar-refractivity contribution in [1.29, 1.82) is 0 Å². The van der Waals surface area contributed by atoms with Crippen LogP contribution in [0.1, 0.15) is 39.0 Å². The van der Waals surface area contributed by atoms with Crippen LogP contribution in [-0.2, 0) is 0 Å². The van der Waals surface area contributed by atoms with E-state index in [1.54, 1.807) is 0 Å². The molecule has 2 fully saturated rings. The van der Waals surface area contributed by atoms with E-state index in [1.165, 1.54) is 6.92 Å². The number of hydrogen-bond acceptors (Lipinski definition) is 1. The van der Waals surface area contributed by atoms with Crippen LogP contribution in [0.5, 0.6) is 0 Å². The standard InChI is InChI=1S/C13H18F6O/c1-7(10-5-8-2-3-9(10)4-8)6-11(20,12(14,15)16)13(17,18)19/h7-10,20H,2-6H2,1H3. The summed E-state index contributed by atoms with van der Waals surface area (Å²) in [6.45, 7) is 1.40. The van der Waals surface area contributed by atoms with E-state index >= 15 is 0 Å². The fourth-order valence-electron chi connectivity index (χ4n) is 4.00. The third kappa shape index (κ3) is 2.53. The summed E-state index contributed by atoms with van der Waals surface area (Å²) in [4.78, 5) is 0. The molecule has 1 nitrogen and oxygen atoms in total. The number of halogens is 6. The van der Waals surface area contributed by atoms with Gasteiger partial charge in [0.05, 0.1) is 0 Å². The lowest BCUT2D eigenvalue weighted by atomic mass is 9.75. The van der Waals surface area contributed by atoms with Crippen LogP contribution in [0.2, 0.25) is 0 Å². The lowest BCUT2D eigenvalue weighted by molar-refractivity contribution is -0.373. The highest BCUT2D eigenvalue weighted by atomic mass is 19.4. The summed E-state index contributed by atoms with van der Waals surface area (Å²) in [5.41, 5.74) is -4.60. The van der Waals surface area contributed by atoms with E-state index in [0.29, 0.717) is 12.3 Å². The SMILES string of the molecule is CC(CC(O)(C(F)(F)F)C(F)(F)F)C1CC2CCC1C2. The first-order chi connectivity index (χ1) is 8.96. The van der Waals surface area contributed by atoms with E-state index in [9.17, 15) is 31.4 Å². The third-order valence-corrected chi connectivity index (χ3v) is 5.08. The minimum absolute atomic E-state index is 0.134. The molecule has 2 bridgehead atoms. The van der Waals surface area contributed by atoms with E-state index in [0.717, 1.165) is 19.3 Å². The molecular weight excluding hydrogens is 286 g/mol. The summed E-state index contributed by atoms with van der Waals surface area (Å²) in [5, 5.41) is 9.24. The largest absolute Gasteiger partial charge is 0.426 e. The van der Waals surface area contributed by atoms with E-state index in [2.05, 4.69) is 0 Å². The second-order valence-electron chi connectivity index (χ2n) is 6.38. The summed E-state index contributed by atoms with van der Waals surface area (Å²) >= 11 is 0. The van der Waals surface area contributed by atoms with Gasteiger partial charge in [0.15, 0.2) is 0 Å². The average molecular weight is 304 g/mol. The Labute approximate surface area is 113 Å². The lowest BCUT2D eigenvalue weighted by Gasteiger charge is -2.37. The topological polar surface area (TPSA) is 20.2 Å². The van der Waals surface area contributed by atoms with Gasteiger partial charge in [0.1, 0.15) is 0 Å². The molecule has 7 heteroatoms. The van der Waals surface area contributed by atoms with Crippen LogP contribution < -0.4 is 0 Å². The van der Waals surface area contributed by atoms with Crippen molar-refractivity contribution in [1.82, 2.24) is 0 Å². The van der Waals surface area contributed by atoms with Gasteiger partial charge in [0.25, 0.3) is 5.60 Å². The zero-order valence-corrected chi connectivity index (χ0v) is 11.1. The third-order valence-electron chi connectivity index (χ3n) is 5.08. The van der Waals surface area contributed by atoms with Gasteiger partial charge in [-0.3, -0.25) is 0 Å². The molecule has 118 valence electrons. The molecule has 4 atom stereocenters. The fourth-order valence-corrected chi connectivity index (χ4v) is 4.00. The molecule has 0 saturated heterocycles. The quantitative estimate of drug-likeness (QED) is 0.771. The summed E-state index contributed by atoms with van der Waals surface area (Å²) < 4.78 is 76.0. The Balaban J connectivity index is 2.13. The molecule has 0 aliphatic heterocycles. The number of alkyl halides is 6. The van der Waals surface area contributed by atoms with Crippen molar-refractivity contribution in [3.05, 3.63) is 0 Å². The van der Waals surface area contributed by atoms with Gasteiger partial charge in [-0.1, -0.05) is 13.3 Å². The number of rotatable bonds is 3. The Morgan fingerprint density at radius 1 is 1.00 bits per heavy atom. The molecule has 2 aliphatic rings. The van der Waals surface area contributed by atoms with Gasteiger partial charge in [0, 0.05) is 0 Å². The van der Waals surface area contributed by atoms with Gasteiger partial charge < -0.3 is 5.11 Å². The first-order valence-corrected chi connectivity index (χ1v) is 6.81. The van der Waals surface area contributed by atoms with Crippen molar-refractivity contribution < 1.29 is 31.4 Å². The predicted molar refractivity (Wildman–Crippen MR) is 59.8 cm³/mol. The maximum atomic E-state index is 12.7. The van der Waals surface area contributed by atoms with E-state index in [1.807, 2.05) is 0 Å². The van der Waals surface area contributed by atoms with Crippen LogP contribution in [-0.4, -0.2) is 23.1 Å². The zero-order valence-electron chi connectivity index (χ0n) is 11.1. The van der Waals surface area contributed by atoms with E-state index < -0.39 is 30.3 Å². The van der Waals surface area contributed by atoms with Crippen molar-refractivity contribution >= 4 is 0 Å². The highest BCUT2D eigenvalue weighted by Gasteiger charge is 2.70. The Hall–Kier alpha value is -0.460. The maximum absolute atomic E-state index is 12.7. The maximum Gasteiger partial charge on any atom is 0.426 e. The molecule has 2 aliphatic carbocycles. The molecule has 0 aromatic heterocycles. The molecule has 0 aromatic rings. The molecule has 1 N–H and O–H groups in total. The Morgan fingerprint density at radius 3 is 1.90 bits per heavy atom. The highest BCUT2D eigenvalue weighted by molar-refractivity contribution is 4.99. The van der Waals surface area contributed by atoms with Gasteiger partial charge in [-0.2, -0.15) is 26.3 Å². The van der Waals surface area contributed by atoms with Crippen molar-refractivity contribution in [3.63, 3.8) is 0 Å². The van der Waals surface area contributed by atoms with Gasteiger partial charge >= 0.3 is 12.4 Å². The molecule has 0 radical (unpaired) electrons. The van der Waals surface area contributed by atoms with Crippen LogP contribution in [0, 0.1) is 23.7 Å². The van der Waals surface area contributed by atoms with Crippen LogP contribution in [0.15, 0.2) is 0 Å². The summed E-state index contributed by atoms with van der Waals surface area (Å²) in [5.74, 6) is -0.262. The van der Waals surface area contributed by atoms with E-state index in [-0.39, 0.29) is 11.8 Å². The van der Waals surface area contributed by atoms with Gasteiger partial charge in [0.2, 0.25) is 0 Å². The molecular formula is C13H18F6O. The lowest BCUT2D eigenvalue weighted by Crippen LogP contribution is -2.58. The number of hydrogen-bond donors (Lipinski definition) is 1. The second-order valence-corrected chi connectivity index (χ2v) is 6.38. The molecule has 20 heavy (non-hydrogen) atoms. The molecule has 2 saturated carbocycles. The molecule has 0 spiro atoms. The van der Waals surface area contributed by atoms with Crippen molar-refractivity contribution in [3.8, 4) is 0 Å². The minimum atomic E-state index is -5.70. The fraction of sp³-hybridized carbons (Fsp3) is 1.00. The molecule has 0 heterocycles. The Bertz CT molecular complexity index is 347. The minimum Gasteiger partial charge on any atom is -0.374 e. The Kier molecular flexibility index (Phi) is 3.81. The van der Waals surface area contributed by atoms with Crippen LogP contribution in [0.3, 0.4) is 0 Å². The Morgan fingerprint density at radius 2 is 1.55 bits per heavy atom. The second kappa shape index (κ2) is 4.78.